The zero-order valence-electron chi connectivity index (χ0n) is 15.4. The predicted octanol–water partition coefficient (Wildman–Crippen LogP) is 3.37. The molecule has 1 saturated heterocycles. The Labute approximate surface area is 156 Å². The fourth-order valence-corrected chi connectivity index (χ4v) is 3.65. The lowest BCUT2D eigenvalue weighted by atomic mass is 10.0. The van der Waals surface area contributed by atoms with E-state index in [4.69, 9.17) is 5.73 Å². The molecule has 3 N–H and O–H groups in total. The number of anilines is 1. The van der Waals surface area contributed by atoms with Crippen LogP contribution < -0.4 is 11.1 Å². The third-order valence-electron chi connectivity index (χ3n) is 5.19. The van der Waals surface area contributed by atoms with Crippen LogP contribution in [0.15, 0.2) is 54.6 Å². The molecule has 4 nitrogen and oxygen atoms in total. The number of hydrogen-bond donors (Lipinski definition) is 2. The maximum Gasteiger partial charge on any atom is 0.220 e. The lowest BCUT2D eigenvalue weighted by Crippen LogP contribution is -2.46. The van der Waals surface area contributed by atoms with Gasteiger partial charge in [0.25, 0.3) is 0 Å². The van der Waals surface area contributed by atoms with Crippen molar-refractivity contribution >= 4 is 11.6 Å². The molecule has 1 aliphatic heterocycles. The van der Waals surface area contributed by atoms with Crippen LogP contribution in [0.2, 0.25) is 0 Å². The number of nitrogen functional groups attached to an aromatic ring is 1. The molecule has 1 atom stereocenters. The highest BCUT2D eigenvalue weighted by molar-refractivity contribution is 5.76. The number of hydrogen-bond acceptors (Lipinski definition) is 3. The maximum atomic E-state index is 12.3. The molecule has 0 saturated carbocycles. The van der Waals surface area contributed by atoms with Crippen molar-refractivity contribution in [1.29, 1.82) is 0 Å². The summed E-state index contributed by atoms with van der Waals surface area (Å²) in [6, 6.07) is 18.8. The minimum absolute atomic E-state index is 0.110. The van der Waals surface area contributed by atoms with E-state index in [1.54, 1.807) is 0 Å². The first-order valence-electron chi connectivity index (χ1n) is 9.60. The van der Waals surface area contributed by atoms with Crippen molar-refractivity contribution in [2.45, 2.75) is 44.7 Å². The van der Waals surface area contributed by atoms with Gasteiger partial charge in [-0.3, -0.25) is 9.69 Å². The van der Waals surface area contributed by atoms with Crippen LogP contribution >= 0.6 is 0 Å². The van der Waals surface area contributed by atoms with Crippen LogP contribution in [-0.4, -0.2) is 29.9 Å². The summed E-state index contributed by atoms with van der Waals surface area (Å²) in [5.74, 6) is 0.110. The summed E-state index contributed by atoms with van der Waals surface area (Å²) < 4.78 is 0. The van der Waals surface area contributed by atoms with Crippen LogP contribution in [0.25, 0.3) is 0 Å². The molecule has 26 heavy (non-hydrogen) atoms. The molecular formula is C22H29N3O. The number of para-hydroxylation sites is 1. The van der Waals surface area contributed by atoms with Gasteiger partial charge in [0.1, 0.15) is 0 Å². The van der Waals surface area contributed by atoms with Crippen LogP contribution in [0.1, 0.15) is 36.8 Å². The second-order valence-corrected chi connectivity index (χ2v) is 7.11. The van der Waals surface area contributed by atoms with Gasteiger partial charge in [-0.2, -0.15) is 0 Å². The Morgan fingerprint density at radius 1 is 1.08 bits per heavy atom. The topological polar surface area (TPSA) is 58.4 Å². The first kappa shape index (κ1) is 18.5. The van der Waals surface area contributed by atoms with Crippen molar-refractivity contribution in [1.82, 2.24) is 10.2 Å². The van der Waals surface area contributed by atoms with E-state index in [2.05, 4.69) is 40.5 Å². The second-order valence-electron chi connectivity index (χ2n) is 7.11. The minimum Gasteiger partial charge on any atom is -0.399 e. The smallest absolute Gasteiger partial charge is 0.220 e. The van der Waals surface area contributed by atoms with E-state index in [9.17, 15) is 4.79 Å². The quantitative estimate of drug-likeness (QED) is 0.752. The van der Waals surface area contributed by atoms with Crippen molar-refractivity contribution < 1.29 is 4.79 Å². The van der Waals surface area contributed by atoms with Gasteiger partial charge in [-0.25, -0.2) is 0 Å². The standard InChI is InChI=1S/C22H29N3O/c23-21-12-5-4-10-19(21)13-14-22(26)24-16-20-11-6-7-15-25(20)17-18-8-2-1-3-9-18/h1-5,8-10,12,20H,6-7,11,13-17,23H2,(H,24,26). The van der Waals surface area contributed by atoms with E-state index < -0.39 is 0 Å². The molecule has 4 heteroatoms. The normalized spacial score (nSPS) is 17.8. The molecule has 1 unspecified atom stereocenters. The summed E-state index contributed by atoms with van der Waals surface area (Å²) in [5.41, 5.74) is 9.10. The second kappa shape index (κ2) is 9.39. The zero-order chi connectivity index (χ0) is 18.2. The average Bonchev–Trinajstić information content (AvgIpc) is 2.67. The fourth-order valence-electron chi connectivity index (χ4n) is 3.65. The van der Waals surface area contributed by atoms with Gasteiger partial charge in [-0.15, -0.1) is 0 Å². The van der Waals surface area contributed by atoms with Crippen LogP contribution in [0.5, 0.6) is 0 Å². The van der Waals surface area contributed by atoms with Gasteiger partial charge in [-0.05, 0) is 43.0 Å². The number of piperidine rings is 1. The Bertz CT molecular complexity index is 702. The van der Waals surface area contributed by atoms with Crippen molar-refractivity contribution in [3.63, 3.8) is 0 Å². The summed E-state index contributed by atoms with van der Waals surface area (Å²) in [5, 5.41) is 3.14. The van der Waals surface area contributed by atoms with E-state index in [1.165, 1.54) is 18.4 Å². The van der Waals surface area contributed by atoms with E-state index in [0.29, 0.717) is 18.9 Å². The number of nitrogens with two attached hydrogens (primary N) is 1. The number of nitrogens with zero attached hydrogens (tertiary/aromatic N) is 1. The first-order chi connectivity index (χ1) is 12.7. The Hall–Kier alpha value is -2.33. The Balaban J connectivity index is 1.47. The van der Waals surface area contributed by atoms with Gasteiger partial charge in [0.05, 0.1) is 0 Å². The summed E-state index contributed by atoms with van der Waals surface area (Å²) in [6.45, 7) is 2.80. The Morgan fingerprint density at radius 3 is 2.65 bits per heavy atom. The number of carbonyl (C=O) groups excluding carboxylic acids is 1. The van der Waals surface area contributed by atoms with Crippen LogP contribution in [0, 0.1) is 0 Å². The molecule has 0 aromatic heterocycles. The van der Waals surface area contributed by atoms with Crippen molar-refractivity contribution in [2.24, 2.45) is 0 Å². The highest BCUT2D eigenvalue weighted by Crippen LogP contribution is 2.19. The number of carbonyl (C=O) groups is 1. The fraction of sp³-hybridized carbons (Fsp3) is 0.409. The van der Waals surface area contributed by atoms with Gasteiger partial charge in [-0.1, -0.05) is 55.0 Å². The van der Waals surface area contributed by atoms with Crippen LogP contribution in [0.4, 0.5) is 5.69 Å². The maximum absolute atomic E-state index is 12.3. The van der Waals surface area contributed by atoms with Crippen molar-refractivity contribution in [3.8, 4) is 0 Å². The summed E-state index contributed by atoms with van der Waals surface area (Å²) >= 11 is 0. The number of nitrogens with one attached hydrogen (secondary N) is 1. The molecule has 0 radical (unpaired) electrons. The SMILES string of the molecule is Nc1ccccc1CCC(=O)NCC1CCCCN1Cc1ccccc1. The molecule has 2 aromatic carbocycles. The van der Waals surface area contributed by atoms with E-state index >= 15 is 0 Å². The summed E-state index contributed by atoms with van der Waals surface area (Å²) in [4.78, 5) is 14.8. The predicted molar refractivity (Wildman–Crippen MR) is 107 cm³/mol. The lowest BCUT2D eigenvalue weighted by molar-refractivity contribution is -0.121. The lowest BCUT2D eigenvalue weighted by Gasteiger charge is -2.36. The van der Waals surface area contributed by atoms with E-state index in [0.717, 1.165) is 37.3 Å². The molecule has 0 aliphatic carbocycles. The highest BCUT2D eigenvalue weighted by Gasteiger charge is 2.22. The van der Waals surface area contributed by atoms with E-state index in [1.807, 2.05) is 24.3 Å². The first-order valence-corrected chi connectivity index (χ1v) is 9.60. The summed E-state index contributed by atoms with van der Waals surface area (Å²) in [6.07, 6.45) is 4.81. The number of likely N-dealkylation sites (tertiary alicyclic amines) is 1. The van der Waals surface area contributed by atoms with Gasteiger partial charge < -0.3 is 11.1 Å². The number of rotatable bonds is 7. The van der Waals surface area contributed by atoms with Crippen molar-refractivity contribution in [3.05, 3.63) is 65.7 Å². The van der Waals surface area contributed by atoms with Crippen LogP contribution in [-0.2, 0) is 17.8 Å². The molecule has 138 valence electrons. The van der Waals surface area contributed by atoms with Gasteiger partial charge in [0.2, 0.25) is 5.91 Å². The van der Waals surface area contributed by atoms with Gasteiger partial charge in [0, 0.05) is 31.2 Å². The Kier molecular flexibility index (Phi) is 6.67. The van der Waals surface area contributed by atoms with Gasteiger partial charge in [0.15, 0.2) is 0 Å². The number of amides is 1. The molecule has 0 spiro atoms. The molecule has 3 rings (SSSR count). The molecule has 0 bridgehead atoms. The average molecular weight is 351 g/mol. The number of aryl methyl sites for hydroxylation is 1. The largest absolute Gasteiger partial charge is 0.399 e. The zero-order valence-corrected chi connectivity index (χ0v) is 15.4. The highest BCUT2D eigenvalue weighted by atomic mass is 16.1. The van der Waals surface area contributed by atoms with Gasteiger partial charge >= 0.3 is 0 Å². The minimum atomic E-state index is 0.110. The molecule has 1 aliphatic rings. The summed E-state index contributed by atoms with van der Waals surface area (Å²) in [7, 11) is 0. The third kappa shape index (κ3) is 5.33. The Morgan fingerprint density at radius 2 is 1.85 bits per heavy atom. The molecule has 1 fully saturated rings. The molecule has 2 aromatic rings. The third-order valence-corrected chi connectivity index (χ3v) is 5.19. The molecule has 1 amide bonds. The monoisotopic (exact) mass is 351 g/mol. The molecular weight excluding hydrogens is 322 g/mol. The van der Waals surface area contributed by atoms with Crippen molar-refractivity contribution in [2.75, 3.05) is 18.8 Å². The number of benzene rings is 2. The van der Waals surface area contributed by atoms with E-state index in [-0.39, 0.29) is 5.91 Å². The molecule has 1 heterocycles. The van der Waals surface area contributed by atoms with Crippen LogP contribution in [0.3, 0.4) is 0 Å².